The average Bonchev–Trinajstić information content (AvgIpc) is 2.35. The Labute approximate surface area is 104 Å². The van der Waals surface area contributed by atoms with Crippen LogP contribution in [0.25, 0.3) is 0 Å². The summed E-state index contributed by atoms with van der Waals surface area (Å²) in [6.07, 6.45) is 1.07. The molecular formula is C14H22N2O. The Morgan fingerprint density at radius 2 is 2.12 bits per heavy atom. The topological polar surface area (TPSA) is 38.5 Å². The van der Waals surface area contributed by atoms with Crippen molar-refractivity contribution in [2.24, 2.45) is 11.7 Å². The van der Waals surface area contributed by atoms with E-state index < -0.39 is 0 Å². The third-order valence-corrected chi connectivity index (χ3v) is 3.51. The van der Waals surface area contributed by atoms with Gasteiger partial charge in [0.05, 0.1) is 6.61 Å². The molecule has 1 heterocycles. The molecule has 17 heavy (non-hydrogen) atoms. The Hall–Kier alpha value is -0.900. The van der Waals surface area contributed by atoms with Crippen LogP contribution < -0.4 is 5.73 Å². The zero-order valence-corrected chi connectivity index (χ0v) is 10.5. The van der Waals surface area contributed by atoms with E-state index >= 15 is 0 Å². The lowest BCUT2D eigenvalue weighted by Crippen LogP contribution is -2.48. The molecule has 2 atom stereocenters. The third-order valence-electron chi connectivity index (χ3n) is 3.51. The second-order valence-corrected chi connectivity index (χ2v) is 4.89. The molecule has 1 aliphatic rings. The maximum absolute atomic E-state index is 6.11. The van der Waals surface area contributed by atoms with Gasteiger partial charge in [-0.15, -0.1) is 0 Å². The number of likely N-dealkylation sites (tertiary alicyclic amines) is 1. The van der Waals surface area contributed by atoms with E-state index in [2.05, 4.69) is 35.2 Å². The lowest BCUT2D eigenvalue weighted by molar-refractivity contribution is 0.0740. The van der Waals surface area contributed by atoms with Gasteiger partial charge in [-0.25, -0.2) is 0 Å². The number of ether oxygens (including phenoxy) is 1. The zero-order chi connectivity index (χ0) is 12.1. The number of benzene rings is 1. The molecule has 2 rings (SSSR count). The standard InChI is InChI=1S/C14H22N2O/c1-17-11-13-10-16(8-7-14(13)15)9-12-5-3-2-4-6-12/h2-6,13-14H,7-11,15H2,1H3. The molecule has 1 saturated heterocycles. The fraction of sp³-hybridized carbons (Fsp3) is 0.571. The predicted molar refractivity (Wildman–Crippen MR) is 69.7 cm³/mol. The van der Waals surface area contributed by atoms with Crippen molar-refractivity contribution in [3.8, 4) is 0 Å². The molecule has 1 aromatic rings. The van der Waals surface area contributed by atoms with Crippen LogP contribution in [0.5, 0.6) is 0 Å². The molecule has 0 aromatic heterocycles. The first-order valence-corrected chi connectivity index (χ1v) is 6.30. The van der Waals surface area contributed by atoms with Gasteiger partial charge >= 0.3 is 0 Å². The van der Waals surface area contributed by atoms with Crippen molar-refractivity contribution in [3.05, 3.63) is 35.9 Å². The van der Waals surface area contributed by atoms with Crippen LogP contribution in [0.15, 0.2) is 30.3 Å². The highest BCUT2D eigenvalue weighted by atomic mass is 16.5. The van der Waals surface area contributed by atoms with E-state index in [1.165, 1.54) is 5.56 Å². The van der Waals surface area contributed by atoms with Gasteiger partial charge in [0.2, 0.25) is 0 Å². The van der Waals surface area contributed by atoms with Crippen molar-refractivity contribution in [2.45, 2.75) is 19.0 Å². The van der Waals surface area contributed by atoms with Gasteiger partial charge < -0.3 is 10.5 Å². The summed E-state index contributed by atoms with van der Waals surface area (Å²) in [5.41, 5.74) is 7.49. The molecule has 2 unspecified atom stereocenters. The van der Waals surface area contributed by atoms with Gasteiger partial charge in [0.1, 0.15) is 0 Å². The number of hydrogen-bond acceptors (Lipinski definition) is 3. The van der Waals surface area contributed by atoms with E-state index in [-0.39, 0.29) is 0 Å². The number of piperidine rings is 1. The number of nitrogens with two attached hydrogens (primary N) is 1. The van der Waals surface area contributed by atoms with Crippen LogP contribution in [0.3, 0.4) is 0 Å². The lowest BCUT2D eigenvalue weighted by Gasteiger charge is -2.36. The van der Waals surface area contributed by atoms with Crippen LogP contribution in [0.1, 0.15) is 12.0 Å². The highest BCUT2D eigenvalue weighted by molar-refractivity contribution is 5.14. The molecule has 94 valence electrons. The molecule has 3 heteroatoms. The first kappa shape index (κ1) is 12.6. The Morgan fingerprint density at radius 1 is 1.35 bits per heavy atom. The van der Waals surface area contributed by atoms with Gasteiger partial charge in [0.25, 0.3) is 0 Å². The molecule has 2 N–H and O–H groups in total. The summed E-state index contributed by atoms with van der Waals surface area (Å²) in [5.74, 6) is 0.470. The highest BCUT2D eigenvalue weighted by Crippen LogP contribution is 2.18. The third kappa shape index (κ3) is 3.53. The normalized spacial score (nSPS) is 26.0. The molecule has 0 spiro atoms. The van der Waals surface area contributed by atoms with Crippen LogP contribution in [0.2, 0.25) is 0 Å². The van der Waals surface area contributed by atoms with Crippen LogP contribution in [-0.2, 0) is 11.3 Å². The molecule has 0 aliphatic carbocycles. The first-order valence-electron chi connectivity index (χ1n) is 6.30. The van der Waals surface area contributed by atoms with E-state index in [9.17, 15) is 0 Å². The molecule has 1 aliphatic heterocycles. The summed E-state index contributed by atoms with van der Waals surface area (Å²) in [6, 6.07) is 10.9. The minimum Gasteiger partial charge on any atom is -0.384 e. The van der Waals surface area contributed by atoms with Gasteiger partial charge in [-0.05, 0) is 18.5 Å². The summed E-state index contributed by atoms with van der Waals surface area (Å²) in [4.78, 5) is 2.47. The highest BCUT2D eigenvalue weighted by Gasteiger charge is 2.26. The van der Waals surface area contributed by atoms with E-state index in [1.807, 2.05) is 0 Å². The maximum atomic E-state index is 6.11. The molecule has 0 amide bonds. The van der Waals surface area contributed by atoms with Gasteiger partial charge in [-0.3, -0.25) is 4.90 Å². The smallest absolute Gasteiger partial charge is 0.0517 e. The van der Waals surface area contributed by atoms with Crippen molar-refractivity contribution in [2.75, 3.05) is 26.8 Å². The number of hydrogen-bond donors (Lipinski definition) is 1. The van der Waals surface area contributed by atoms with Gasteiger partial charge in [0.15, 0.2) is 0 Å². The Morgan fingerprint density at radius 3 is 2.82 bits per heavy atom. The summed E-state index contributed by atoms with van der Waals surface area (Å²) in [5, 5.41) is 0. The summed E-state index contributed by atoms with van der Waals surface area (Å²) in [6.45, 7) is 3.93. The monoisotopic (exact) mass is 234 g/mol. The molecule has 1 fully saturated rings. The molecule has 1 aromatic carbocycles. The minimum atomic E-state index is 0.293. The maximum Gasteiger partial charge on any atom is 0.0517 e. The Balaban J connectivity index is 1.90. The minimum absolute atomic E-state index is 0.293. The molecule has 3 nitrogen and oxygen atoms in total. The molecular weight excluding hydrogens is 212 g/mol. The van der Waals surface area contributed by atoms with Crippen LogP contribution in [0, 0.1) is 5.92 Å². The Kier molecular flexibility index (Phi) is 4.54. The SMILES string of the molecule is COCC1CN(Cc2ccccc2)CCC1N. The average molecular weight is 234 g/mol. The second-order valence-electron chi connectivity index (χ2n) is 4.89. The van der Waals surface area contributed by atoms with Crippen LogP contribution in [0.4, 0.5) is 0 Å². The van der Waals surface area contributed by atoms with Gasteiger partial charge in [0, 0.05) is 32.2 Å². The van der Waals surface area contributed by atoms with E-state index in [0.29, 0.717) is 12.0 Å². The molecule has 0 bridgehead atoms. The van der Waals surface area contributed by atoms with E-state index in [0.717, 1.165) is 32.7 Å². The van der Waals surface area contributed by atoms with Crippen LogP contribution >= 0.6 is 0 Å². The number of nitrogens with zero attached hydrogens (tertiary/aromatic N) is 1. The molecule has 0 saturated carbocycles. The second kappa shape index (κ2) is 6.15. The van der Waals surface area contributed by atoms with Gasteiger partial charge in [-0.2, -0.15) is 0 Å². The van der Waals surface area contributed by atoms with Crippen molar-refractivity contribution >= 4 is 0 Å². The van der Waals surface area contributed by atoms with Crippen molar-refractivity contribution in [1.29, 1.82) is 0 Å². The van der Waals surface area contributed by atoms with Crippen molar-refractivity contribution < 1.29 is 4.74 Å². The van der Waals surface area contributed by atoms with Crippen LogP contribution in [-0.4, -0.2) is 37.7 Å². The summed E-state index contributed by atoms with van der Waals surface area (Å²) in [7, 11) is 1.75. The summed E-state index contributed by atoms with van der Waals surface area (Å²) >= 11 is 0. The molecule has 0 radical (unpaired) electrons. The van der Waals surface area contributed by atoms with Crippen molar-refractivity contribution in [1.82, 2.24) is 4.90 Å². The zero-order valence-electron chi connectivity index (χ0n) is 10.5. The van der Waals surface area contributed by atoms with E-state index in [4.69, 9.17) is 10.5 Å². The number of rotatable bonds is 4. The quantitative estimate of drug-likeness (QED) is 0.857. The number of methoxy groups -OCH3 is 1. The fourth-order valence-corrected chi connectivity index (χ4v) is 2.50. The predicted octanol–water partition coefficient (Wildman–Crippen LogP) is 1.48. The largest absolute Gasteiger partial charge is 0.384 e. The van der Waals surface area contributed by atoms with E-state index in [1.54, 1.807) is 7.11 Å². The fourth-order valence-electron chi connectivity index (χ4n) is 2.50. The van der Waals surface area contributed by atoms with Gasteiger partial charge in [-0.1, -0.05) is 30.3 Å². The Bertz CT molecular complexity index is 328. The first-order chi connectivity index (χ1) is 8.29. The lowest BCUT2D eigenvalue weighted by atomic mass is 9.93. The summed E-state index contributed by atoms with van der Waals surface area (Å²) < 4.78 is 5.24. The van der Waals surface area contributed by atoms with Crippen molar-refractivity contribution in [3.63, 3.8) is 0 Å².